The highest BCUT2D eigenvalue weighted by molar-refractivity contribution is 7.15. The summed E-state index contributed by atoms with van der Waals surface area (Å²) in [5, 5.41) is 13.3. The minimum atomic E-state index is -0.754. The van der Waals surface area contributed by atoms with Crippen molar-refractivity contribution in [1.29, 1.82) is 0 Å². The Morgan fingerprint density at radius 2 is 2.30 bits per heavy atom. The minimum absolute atomic E-state index is 0.420. The van der Waals surface area contributed by atoms with Crippen molar-refractivity contribution < 1.29 is 14.6 Å². The lowest BCUT2D eigenvalue weighted by Crippen LogP contribution is -2.17. The number of carboxylic acid groups (broad SMARTS) is 1. The number of aromatic nitrogens is 1. The van der Waals surface area contributed by atoms with Gasteiger partial charge in [0, 0.05) is 18.0 Å². The molecule has 2 aliphatic rings. The summed E-state index contributed by atoms with van der Waals surface area (Å²) in [6.07, 6.45) is 5.22. The van der Waals surface area contributed by atoms with E-state index in [4.69, 9.17) is 4.74 Å². The van der Waals surface area contributed by atoms with Crippen molar-refractivity contribution in [3.05, 3.63) is 10.6 Å². The van der Waals surface area contributed by atoms with E-state index in [9.17, 15) is 9.90 Å². The summed E-state index contributed by atoms with van der Waals surface area (Å²) in [4.78, 5) is 16.8. The molecule has 0 radical (unpaired) electrons. The van der Waals surface area contributed by atoms with Crippen LogP contribution in [0, 0.1) is 5.92 Å². The lowest BCUT2D eigenvalue weighted by atomic mass is 9.91. The average Bonchev–Trinajstić information content (AvgIpc) is 3.15. The molecule has 1 fully saturated rings. The number of ether oxygens (including phenoxy) is 1. The van der Waals surface area contributed by atoms with Crippen molar-refractivity contribution in [3.8, 4) is 0 Å². The number of fused-ring (bicyclic) bond motifs is 1. The molecule has 1 atom stereocenters. The summed E-state index contributed by atoms with van der Waals surface area (Å²) in [5.74, 6) is -0.384. The molecule has 1 aromatic rings. The SMILES string of the molecule is O=C(O)C1CCCc2sc(NCCOCC3CC3)nc21. The Morgan fingerprint density at radius 1 is 1.45 bits per heavy atom. The monoisotopic (exact) mass is 296 g/mol. The van der Waals surface area contributed by atoms with Gasteiger partial charge in [-0.15, -0.1) is 11.3 Å². The molecule has 1 unspecified atom stereocenters. The topological polar surface area (TPSA) is 71.5 Å². The number of aryl methyl sites for hydroxylation is 1. The Morgan fingerprint density at radius 3 is 3.05 bits per heavy atom. The molecule has 0 bridgehead atoms. The number of carbonyl (C=O) groups is 1. The average molecular weight is 296 g/mol. The summed E-state index contributed by atoms with van der Waals surface area (Å²) < 4.78 is 5.56. The maximum Gasteiger partial charge on any atom is 0.312 e. The van der Waals surface area contributed by atoms with Crippen LogP contribution in [-0.2, 0) is 16.0 Å². The fourth-order valence-electron chi connectivity index (χ4n) is 2.50. The molecule has 0 aliphatic heterocycles. The number of aliphatic carboxylic acids is 1. The van der Waals surface area contributed by atoms with Crippen molar-refractivity contribution >= 4 is 22.4 Å². The number of rotatable bonds is 7. The predicted molar refractivity (Wildman–Crippen MR) is 77.5 cm³/mol. The number of carboxylic acids is 1. The lowest BCUT2D eigenvalue weighted by molar-refractivity contribution is -0.139. The summed E-state index contributed by atoms with van der Waals surface area (Å²) in [7, 11) is 0. The van der Waals surface area contributed by atoms with E-state index < -0.39 is 11.9 Å². The van der Waals surface area contributed by atoms with Crippen LogP contribution >= 0.6 is 11.3 Å². The third-order valence-electron chi connectivity index (χ3n) is 3.83. The number of hydrogen-bond acceptors (Lipinski definition) is 5. The molecule has 1 saturated carbocycles. The van der Waals surface area contributed by atoms with Gasteiger partial charge in [-0.25, -0.2) is 4.98 Å². The number of nitrogens with one attached hydrogen (secondary N) is 1. The molecule has 0 amide bonds. The Bertz CT molecular complexity index is 485. The van der Waals surface area contributed by atoms with E-state index in [1.54, 1.807) is 11.3 Å². The van der Waals surface area contributed by atoms with Crippen molar-refractivity contribution in [2.45, 2.75) is 38.0 Å². The second-order valence-electron chi connectivity index (χ2n) is 5.56. The van der Waals surface area contributed by atoms with E-state index in [-0.39, 0.29) is 0 Å². The van der Waals surface area contributed by atoms with Crippen LogP contribution < -0.4 is 5.32 Å². The first-order chi connectivity index (χ1) is 9.74. The van der Waals surface area contributed by atoms with Gasteiger partial charge >= 0.3 is 5.97 Å². The summed E-state index contributed by atoms with van der Waals surface area (Å²) >= 11 is 1.59. The molecular weight excluding hydrogens is 276 g/mol. The van der Waals surface area contributed by atoms with Gasteiger partial charge in [0.2, 0.25) is 0 Å². The largest absolute Gasteiger partial charge is 0.481 e. The Kier molecular flexibility index (Phi) is 4.21. The third-order valence-corrected chi connectivity index (χ3v) is 4.91. The Balaban J connectivity index is 1.51. The highest BCUT2D eigenvalue weighted by Crippen LogP contribution is 2.36. The van der Waals surface area contributed by atoms with Gasteiger partial charge in [-0.2, -0.15) is 0 Å². The molecule has 110 valence electrons. The zero-order chi connectivity index (χ0) is 13.9. The second-order valence-corrected chi connectivity index (χ2v) is 6.64. The van der Waals surface area contributed by atoms with Gasteiger partial charge in [-0.1, -0.05) is 0 Å². The van der Waals surface area contributed by atoms with E-state index in [1.165, 1.54) is 12.8 Å². The number of thiazole rings is 1. The van der Waals surface area contributed by atoms with Crippen molar-refractivity contribution in [2.75, 3.05) is 25.1 Å². The zero-order valence-electron chi connectivity index (χ0n) is 11.4. The minimum Gasteiger partial charge on any atom is -0.481 e. The fourth-order valence-corrected chi connectivity index (χ4v) is 3.59. The summed E-state index contributed by atoms with van der Waals surface area (Å²) in [6, 6.07) is 0. The van der Waals surface area contributed by atoms with Gasteiger partial charge in [0.1, 0.15) is 5.92 Å². The maximum absolute atomic E-state index is 11.2. The number of nitrogens with zero attached hydrogens (tertiary/aromatic N) is 1. The Hall–Kier alpha value is -1.14. The summed E-state index contributed by atoms with van der Waals surface area (Å²) in [6.45, 7) is 2.29. The van der Waals surface area contributed by atoms with Gasteiger partial charge in [0.15, 0.2) is 5.13 Å². The van der Waals surface area contributed by atoms with Crippen LogP contribution in [0.25, 0.3) is 0 Å². The van der Waals surface area contributed by atoms with E-state index in [1.807, 2.05) is 0 Å². The highest BCUT2D eigenvalue weighted by atomic mass is 32.1. The van der Waals surface area contributed by atoms with Crippen LogP contribution in [0.3, 0.4) is 0 Å². The molecule has 0 saturated heterocycles. The predicted octanol–water partition coefficient (Wildman–Crippen LogP) is 2.49. The van der Waals surface area contributed by atoms with Crippen LogP contribution in [0.4, 0.5) is 5.13 Å². The van der Waals surface area contributed by atoms with Gasteiger partial charge in [0.05, 0.1) is 12.3 Å². The van der Waals surface area contributed by atoms with Gasteiger partial charge < -0.3 is 15.2 Å². The van der Waals surface area contributed by atoms with Crippen LogP contribution in [-0.4, -0.2) is 35.8 Å². The van der Waals surface area contributed by atoms with Gasteiger partial charge in [-0.3, -0.25) is 4.79 Å². The van der Waals surface area contributed by atoms with E-state index in [0.717, 1.165) is 47.6 Å². The van der Waals surface area contributed by atoms with Gasteiger partial charge in [0.25, 0.3) is 0 Å². The van der Waals surface area contributed by atoms with Crippen LogP contribution in [0.15, 0.2) is 0 Å². The van der Waals surface area contributed by atoms with Crippen molar-refractivity contribution in [3.63, 3.8) is 0 Å². The standard InChI is InChI=1S/C14H20N2O3S/c17-13(18)10-2-1-3-11-12(10)16-14(20-11)15-6-7-19-8-9-4-5-9/h9-10H,1-8H2,(H,15,16)(H,17,18). The lowest BCUT2D eigenvalue weighted by Gasteiger charge is -2.16. The van der Waals surface area contributed by atoms with Crippen LogP contribution in [0.5, 0.6) is 0 Å². The first-order valence-corrected chi connectivity index (χ1v) is 8.09. The molecule has 2 aliphatic carbocycles. The van der Waals surface area contributed by atoms with Crippen LogP contribution in [0.2, 0.25) is 0 Å². The molecule has 1 heterocycles. The van der Waals surface area contributed by atoms with E-state index >= 15 is 0 Å². The second kappa shape index (κ2) is 6.10. The smallest absolute Gasteiger partial charge is 0.312 e. The van der Waals surface area contributed by atoms with Crippen molar-refractivity contribution in [2.24, 2.45) is 5.92 Å². The normalized spacial score (nSPS) is 21.5. The molecule has 2 N–H and O–H groups in total. The number of anilines is 1. The molecule has 3 rings (SSSR count). The summed E-state index contributed by atoms with van der Waals surface area (Å²) in [5.41, 5.74) is 0.773. The fraction of sp³-hybridized carbons (Fsp3) is 0.714. The molecule has 6 heteroatoms. The van der Waals surface area contributed by atoms with E-state index in [2.05, 4.69) is 10.3 Å². The Labute approximate surface area is 122 Å². The van der Waals surface area contributed by atoms with E-state index in [0.29, 0.717) is 13.0 Å². The molecule has 20 heavy (non-hydrogen) atoms. The maximum atomic E-state index is 11.2. The molecular formula is C14H20N2O3S. The molecule has 0 spiro atoms. The van der Waals surface area contributed by atoms with Crippen molar-refractivity contribution in [1.82, 2.24) is 4.98 Å². The quantitative estimate of drug-likeness (QED) is 0.756. The van der Waals surface area contributed by atoms with Gasteiger partial charge in [-0.05, 0) is 38.0 Å². The number of hydrogen-bond donors (Lipinski definition) is 2. The molecule has 1 aromatic heterocycles. The highest BCUT2D eigenvalue weighted by Gasteiger charge is 2.29. The molecule has 0 aromatic carbocycles. The molecule has 5 nitrogen and oxygen atoms in total. The first-order valence-electron chi connectivity index (χ1n) is 7.28. The zero-order valence-corrected chi connectivity index (χ0v) is 12.2. The van der Waals surface area contributed by atoms with Crippen LogP contribution in [0.1, 0.15) is 42.2 Å². The first kappa shape index (κ1) is 13.8. The third kappa shape index (κ3) is 3.30.